The summed E-state index contributed by atoms with van der Waals surface area (Å²) >= 11 is 0. The number of fused-ring (bicyclic) bond motifs is 1. The van der Waals surface area contributed by atoms with Gasteiger partial charge < -0.3 is 9.47 Å². The maximum Gasteiger partial charge on any atom is 0.240 e. The number of rotatable bonds is 8. The zero-order valence-electron chi connectivity index (χ0n) is 19.3. The lowest BCUT2D eigenvalue weighted by molar-refractivity contribution is -0.120. The zero-order chi connectivity index (χ0) is 23.9. The summed E-state index contributed by atoms with van der Waals surface area (Å²) < 4.78 is 37.9. The van der Waals surface area contributed by atoms with Crippen molar-refractivity contribution in [3.8, 4) is 22.6 Å². The van der Waals surface area contributed by atoms with Crippen LogP contribution in [0.1, 0.15) is 37.9 Å². The van der Waals surface area contributed by atoms with Crippen molar-refractivity contribution in [1.29, 1.82) is 0 Å². The number of ether oxygens (including phenoxy) is 2. The molecule has 1 fully saturated rings. The maximum absolute atomic E-state index is 13.4. The van der Waals surface area contributed by atoms with Gasteiger partial charge >= 0.3 is 0 Å². The molecular formula is C27H29NO5S. The van der Waals surface area contributed by atoms with Gasteiger partial charge in [0, 0.05) is 14.4 Å². The van der Waals surface area contributed by atoms with Gasteiger partial charge in [0.1, 0.15) is 5.78 Å². The summed E-state index contributed by atoms with van der Waals surface area (Å²) in [5.74, 6) is 1.63. The van der Waals surface area contributed by atoms with Gasteiger partial charge in [-0.15, -0.1) is 0 Å². The molecule has 0 atom stereocenters. The van der Waals surface area contributed by atoms with E-state index in [9.17, 15) is 13.2 Å². The quantitative estimate of drug-likeness (QED) is 0.503. The summed E-state index contributed by atoms with van der Waals surface area (Å²) in [4.78, 5) is 13.6. The van der Waals surface area contributed by atoms with E-state index < -0.39 is 15.4 Å². The third-order valence-corrected chi connectivity index (χ3v) is 8.25. The molecule has 1 N–H and O–H groups in total. The van der Waals surface area contributed by atoms with E-state index in [0.717, 1.165) is 46.4 Å². The van der Waals surface area contributed by atoms with Crippen molar-refractivity contribution in [2.45, 2.75) is 43.4 Å². The molecule has 0 aromatic heterocycles. The second-order valence-electron chi connectivity index (χ2n) is 8.93. The first-order chi connectivity index (χ1) is 16.3. The summed E-state index contributed by atoms with van der Waals surface area (Å²) in [6.45, 7) is 4.32. The summed E-state index contributed by atoms with van der Waals surface area (Å²) in [7, 11) is -3.49. The van der Waals surface area contributed by atoms with Crippen LogP contribution in [-0.4, -0.2) is 27.5 Å². The minimum Gasteiger partial charge on any atom is -0.454 e. The molecule has 7 heteroatoms. The minimum atomic E-state index is -3.49. The molecule has 1 heterocycles. The van der Waals surface area contributed by atoms with Crippen molar-refractivity contribution in [3.05, 3.63) is 77.4 Å². The molecule has 0 amide bonds. The Labute approximate surface area is 201 Å². The average Bonchev–Trinajstić information content (AvgIpc) is 3.51. The first-order valence-electron chi connectivity index (χ1n) is 11.5. The molecule has 1 saturated carbocycles. The lowest BCUT2D eigenvalue weighted by Crippen LogP contribution is -2.23. The Kier molecular flexibility index (Phi) is 5.70. The van der Waals surface area contributed by atoms with Crippen LogP contribution < -0.4 is 14.2 Å². The molecule has 6 nitrogen and oxygen atoms in total. The molecule has 5 rings (SSSR count). The second kappa shape index (κ2) is 8.56. The van der Waals surface area contributed by atoms with Gasteiger partial charge in [0.25, 0.3) is 0 Å². The molecule has 0 radical (unpaired) electrons. The second-order valence-corrected chi connectivity index (χ2v) is 10.7. The van der Waals surface area contributed by atoms with E-state index in [1.807, 2.05) is 55.5 Å². The van der Waals surface area contributed by atoms with Gasteiger partial charge in [-0.1, -0.05) is 43.3 Å². The third kappa shape index (κ3) is 4.10. The van der Waals surface area contributed by atoms with E-state index in [4.69, 9.17) is 9.47 Å². The van der Waals surface area contributed by atoms with Crippen molar-refractivity contribution in [2.24, 2.45) is 0 Å². The minimum absolute atomic E-state index is 0. The molecule has 34 heavy (non-hydrogen) atoms. The number of carbonyl (C=O) groups is 1. The molecule has 0 bridgehead atoms. The number of Topliss-reactive ketones (excluding diaryl/α,β-unsaturated/α-hetero) is 1. The molecule has 3 aromatic rings. The lowest BCUT2D eigenvalue weighted by Gasteiger charge is -2.16. The molecule has 1 aliphatic carbocycles. The first kappa shape index (κ1) is 22.6. The van der Waals surface area contributed by atoms with Crippen LogP contribution in [0, 0.1) is 6.92 Å². The van der Waals surface area contributed by atoms with E-state index >= 15 is 0 Å². The fraction of sp³-hybridized carbons (Fsp3) is 0.296. The smallest absolute Gasteiger partial charge is 0.240 e. The van der Waals surface area contributed by atoms with Crippen LogP contribution in [0.25, 0.3) is 11.1 Å². The Morgan fingerprint density at radius 2 is 1.74 bits per heavy atom. The van der Waals surface area contributed by atoms with Gasteiger partial charge in [-0.3, -0.25) is 4.79 Å². The summed E-state index contributed by atoms with van der Waals surface area (Å²) in [5.41, 5.74) is 4.46. The van der Waals surface area contributed by atoms with Crippen molar-refractivity contribution >= 4 is 15.8 Å². The predicted octanol–water partition coefficient (Wildman–Crippen LogP) is 4.78. The normalized spacial score (nSPS) is 15.8. The van der Waals surface area contributed by atoms with Gasteiger partial charge in [0.15, 0.2) is 11.5 Å². The highest BCUT2D eigenvalue weighted by Gasteiger charge is 2.50. The topological polar surface area (TPSA) is 81.7 Å². The van der Waals surface area contributed by atoms with Crippen LogP contribution >= 0.6 is 0 Å². The van der Waals surface area contributed by atoms with Gasteiger partial charge in [-0.05, 0) is 71.8 Å². The number of hydrogen-bond donors (Lipinski definition) is 1. The van der Waals surface area contributed by atoms with Gasteiger partial charge in [0.2, 0.25) is 16.8 Å². The lowest BCUT2D eigenvalue weighted by atomic mass is 9.87. The van der Waals surface area contributed by atoms with E-state index in [2.05, 4.69) is 4.72 Å². The van der Waals surface area contributed by atoms with E-state index in [1.165, 1.54) is 0 Å². The number of ketones is 1. The Morgan fingerprint density at radius 3 is 2.44 bits per heavy atom. The highest BCUT2D eigenvalue weighted by atomic mass is 32.2. The zero-order valence-corrected chi connectivity index (χ0v) is 20.1. The van der Waals surface area contributed by atoms with Gasteiger partial charge in [0.05, 0.1) is 10.3 Å². The van der Waals surface area contributed by atoms with Crippen molar-refractivity contribution in [3.63, 3.8) is 0 Å². The standard InChI is InChI=1S/C27H27NO5S.H2/c1-3-28-34(30,31)22-9-6-20(7-10-22)23-14-19(5-4-18(23)2)15-26(29)27(12-13-27)21-8-11-24-25(16-21)33-17-32-24;/h4-11,14,16,28H,3,12-13,15,17H2,1-2H3;1H. The van der Waals surface area contributed by atoms with Crippen LogP contribution in [0.15, 0.2) is 65.6 Å². The fourth-order valence-corrected chi connectivity index (χ4v) is 5.62. The third-order valence-electron chi connectivity index (χ3n) is 6.69. The van der Waals surface area contributed by atoms with Crippen LogP contribution in [-0.2, 0) is 26.7 Å². The van der Waals surface area contributed by atoms with Crippen LogP contribution in [0.2, 0.25) is 0 Å². The largest absolute Gasteiger partial charge is 0.454 e. The number of nitrogens with one attached hydrogen (secondary N) is 1. The van der Waals surface area contributed by atoms with Gasteiger partial charge in [-0.2, -0.15) is 0 Å². The van der Waals surface area contributed by atoms with Crippen molar-refractivity contribution in [1.82, 2.24) is 4.72 Å². The van der Waals surface area contributed by atoms with Crippen LogP contribution in [0.4, 0.5) is 0 Å². The molecule has 0 unspecified atom stereocenters. The number of carbonyl (C=O) groups excluding carboxylic acids is 1. The average molecular weight is 480 g/mol. The summed E-state index contributed by atoms with van der Waals surface area (Å²) in [5, 5.41) is 0. The van der Waals surface area contributed by atoms with E-state index in [1.54, 1.807) is 19.1 Å². The van der Waals surface area contributed by atoms with E-state index in [-0.39, 0.29) is 18.9 Å². The van der Waals surface area contributed by atoms with Gasteiger partial charge in [-0.25, -0.2) is 13.1 Å². The molecule has 2 aliphatic rings. The van der Waals surface area contributed by atoms with Crippen molar-refractivity contribution in [2.75, 3.05) is 13.3 Å². The predicted molar refractivity (Wildman–Crippen MR) is 132 cm³/mol. The summed E-state index contributed by atoms with van der Waals surface area (Å²) in [6, 6.07) is 18.7. The Hall–Kier alpha value is -3.16. The number of hydrogen-bond acceptors (Lipinski definition) is 5. The maximum atomic E-state index is 13.4. The molecule has 3 aromatic carbocycles. The molecule has 0 spiro atoms. The highest BCUT2D eigenvalue weighted by Crippen LogP contribution is 2.51. The number of sulfonamides is 1. The Morgan fingerprint density at radius 1 is 1.00 bits per heavy atom. The summed E-state index contributed by atoms with van der Waals surface area (Å²) in [6.07, 6.45) is 2.02. The molecular weight excluding hydrogens is 450 g/mol. The van der Waals surface area contributed by atoms with Crippen LogP contribution in [0.5, 0.6) is 11.5 Å². The molecule has 1 aliphatic heterocycles. The highest BCUT2D eigenvalue weighted by molar-refractivity contribution is 7.89. The van der Waals surface area contributed by atoms with Crippen molar-refractivity contribution < 1.29 is 24.1 Å². The Balaban J connectivity index is 0.00000289. The van der Waals surface area contributed by atoms with Crippen LogP contribution in [0.3, 0.4) is 0 Å². The number of aryl methyl sites for hydroxylation is 1. The monoisotopic (exact) mass is 479 g/mol. The molecule has 0 saturated heterocycles. The SMILES string of the molecule is CCNS(=O)(=O)c1ccc(-c2cc(CC(=O)C3(c4ccc5c(c4)OCO5)CC3)ccc2C)cc1.[HH]. The first-order valence-corrected chi connectivity index (χ1v) is 12.9. The number of benzene rings is 3. The Bertz CT molecular complexity index is 1360. The molecule has 178 valence electrons. The van der Waals surface area contributed by atoms with E-state index in [0.29, 0.717) is 18.7 Å². The fourth-order valence-electron chi connectivity index (χ4n) is 4.58.